The van der Waals surface area contributed by atoms with Crippen LogP contribution in [0.4, 0.5) is 0 Å². The summed E-state index contributed by atoms with van der Waals surface area (Å²) < 4.78 is 0. The number of rotatable bonds is 2. The van der Waals surface area contributed by atoms with Crippen molar-refractivity contribution < 1.29 is 4.79 Å². The minimum atomic E-state index is 0.227. The Bertz CT molecular complexity index is 383. The molecule has 92 valence electrons. The Hall–Kier alpha value is -1.00. The van der Waals surface area contributed by atoms with Crippen molar-refractivity contribution in [3.63, 3.8) is 0 Å². The van der Waals surface area contributed by atoms with Gasteiger partial charge in [0, 0.05) is 31.1 Å². The number of hydrogen-bond acceptors (Lipinski definition) is 3. The molecule has 4 heteroatoms. The Morgan fingerprint density at radius 2 is 1.76 bits per heavy atom. The topological polar surface area (TPSA) is 23.6 Å². The van der Waals surface area contributed by atoms with Gasteiger partial charge >= 0.3 is 0 Å². The van der Waals surface area contributed by atoms with Gasteiger partial charge in [0.15, 0.2) is 0 Å². The monoisotopic (exact) mass is 250 g/mol. The van der Waals surface area contributed by atoms with Gasteiger partial charge in [0.2, 0.25) is 5.91 Å². The summed E-state index contributed by atoms with van der Waals surface area (Å²) in [5.74, 6) is 0.227. The van der Waals surface area contributed by atoms with Crippen molar-refractivity contribution in [2.75, 3.05) is 33.2 Å². The molecule has 1 aliphatic heterocycles. The molecule has 0 spiro atoms. The first-order chi connectivity index (χ1) is 8.15. The number of piperazine rings is 1. The van der Waals surface area contributed by atoms with E-state index in [-0.39, 0.29) is 5.91 Å². The van der Waals surface area contributed by atoms with Gasteiger partial charge in [-0.1, -0.05) is 12.1 Å². The molecule has 0 N–H and O–H groups in total. The van der Waals surface area contributed by atoms with E-state index in [4.69, 9.17) is 0 Å². The quantitative estimate of drug-likeness (QED) is 0.800. The number of hydrogen-bond donors (Lipinski definition) is 1. The average molecular weight is 250 g/mol. The lowest BCUT2D eigenvalue weighted by molar-refractivity contribution is -0.132. The van der Waals surface area contributed by atoms with Crippen LogP contribution in [0.2, 0.25) is 0 Å². The first-order valence-corrected chi connectivity index (χ1v) is 6.34. The second kappa shape index (κ2) is 5.56. The van der Waals surface area contributed by atoms with Crippen LogP contribution in [0.3, 0.4) is 0 Å². The molecule has 0 radical (unpaired) electrons. The van der Waals surface area contributed by atoms with E-state index in [1.165, 1.54) is 0 Å². The van der Waals surface area contributed by atoms with Crippen LogP contribution in [0.1, 0.15) is 5.56 Å². The predicted octanol–water partition coefficient (Wildman–Crippen LogP) is 1.29. The summed E-state index contributed by atoms with van der Waals surface area (Å²) in [6.45, 7) is 3.64. The van der Waals surface area contributed by atoms with E-state index in [1.54, 1.807) is 0 Å². The van der Waals surface area contributed by atoms with Crippen LogP contribution in [-0.4, -0.2) is 48.9 Å². The van der Waals surface area contributed by atoms with Gasteiger partial charge in [-0.25, -0.2) is 0 Å². The molecule has 0 aliphatic carbocycles. The Morgan fingerprint density at radius 1 is 1.18 bits per heavy atom. The van der Waals surface area contributed by atoms with E-state index in [1.807, 2.05) is 29.2 Å². The maximum atomic E-state index is 12.0. The Balaban J connectivity index is 1.90. The van der Waals surface area contributed by atoms with Crippen LogP contribution in [0.5, 0.6) is 0 Å². The molecule has 1 amide bonds. The third-order valence-electron chi connectivity index (χ3n) is 3.15. The SMILES string of the molecule is CN1CCN(C(=O)Cc2ccc(S)cc2)CC1. The van der Waals surface area contributed by atoms with Gasteiger partial charge in [-0.3, -0.25) is 4.79 Å². The molecular formula is C13H18N2OS. The number of thiol groups is 1. The van der Waals surface area contributed by atoms with Crippen LogP contribution in [-0.2, 0) is 11.2 Å². The van der Waals surface area contributed by atoms with Crippen LogP contribution >= 0.6 is 12.6 Å². The number of carbonyl (C=O) groups is 1. The molecule has 0 atom stereocenters. The van der Waals surface area contributed by atoms with Crippen LogP contribution < -0.4 is 0 Å². The summed E-state index contributed by atoms with van der Waals surface area (Å²) in [7, 11) is 2.09. The third-order valence-corrected chi connectivity index (χ3v) is 3.45. The van der Waals surface area contributed by atoms with E-state index in [0.717, 1.165) is 36.6 Å². The lowest BCUT2D eigenvalue weighted by Gasteiger charge is -2.32. The summed E-state index contributed by atoms with van der Waals surface area (Å²) in [5, 5.41) is 0. The number of likely N-dealkylation sites (N-methyl/N-ethyl adjacent to an activating group) is 1. The molecule has 1 aromatic rings. The Labute approximate surface area is 108 Å². The summed E-state index contributed by atoms with van der Waals surface area (Å²) >= 11 is 4.23. The van der Waals surface area contributed by atoms with Crippen molar-refractivity contribution >= 4 is 18.5 Å². The Kier molecular flexibility index (Phi) is 4.07. The summed E-state index contributed by atoms with van der Waals surface area (Å²) in [4.78, 5) is 17.2. The van der Waals surface area contributed by atoms with E-state index in [0.29, 0.717) is 6.42 Å². The van der Waals surface area contributed by atoms with Crippen LogP contribution in [0.25, 0.3) is 0 Å². The molecule has 1 aromatic carbocycles. The number of amides is 1. The molecule has 1 aliphatic rings. The van der Waals surface area contributed by atoms with Crippen molar-refractivity contribution in [3.05, 3.63) is 29.8 Å². The van der Waals surface area contributed by atoms with Crippen molar-refractivity contribution in [1.29, 1.82) is 0 Å². The minimum absolute atomic E-state index is 0.227. The summed E-state index contributed by atoms with van der Waals surface area (Å²) in [5.41, 5.74) is 1.06. The highest BCUT2D eigenvalue weighted by atomic mass is 32.1. The molecule has 1 heterocycles. The third kappa shape index (κ3) is 3.48. The van der Waals surface area contributed by atoms with Gasteiger partial charge in [0.1, 0.15) is 0 Å². The molecular weight excluding hydrogens is 232 g/mol. The number of nitrogens with zero attached hydrogens (tertiary/aromatic N) is 2. The van der Waals surface area contributed by atoms with Crippen molar-refractivity contribution in [2.24, 2.45) is 0 Å². The first-order valence-electron chi connectivity index (χ1n) is 5.89. The second-order valence-corrected chi connectivity index (χ2v) is 5.04. The molecule has 0 unspecified atom stereocenters. The largest absolute Gasteiger partial charge is 0.340 e. The van der Waals surface area contributed by atoms with E-state index >= 15 is 0 Å². The summed E-state index contributed by atoms with van der Waals surface area (Å²) in [6.07, 6.45) is 0.498. The highest BCUT2D eigenvalue weighted by Gasteiger charge is 2.18. The first kappa shape index (κ1) is 12.5. The standard InChI is InChI=1S/C13H18N2OS/c1-14-6-8-15(9-7-14)13(16)10-11-2-4-12(17)5-3-11/h2-5,17H,6-10H2,1H3. The van der Waals surface area contributed by atoms with Gasteiger partial charge in [-0.15, -0.1) is 12.6 Å². The minimum Gasteiger partial charge on any atom is -0.340 e. The normalized spacial score (nSPS) is 17.2. The smallest absolute Gasteiger partial charge is 0.227 e. The van der Waals surface area contributed by atoms with Gasteiger partial charge in [0.05, 0.1) is 6.42 Å². The van der Waals surface area contributed by atoms with Gasteiger partial charge < -0.3 is 9.80 Å². The zero-order chi connectivity index (χ0) is 12.3. The molecule has 3 nitrogen and oxygen atoms in total. The van der Waals surface area contributed by atoms with Crippen molar-refractivity contribution in [2.45, 2.75) is 11.3 Å². The van der Waals surface area contributed by atoms with Gasteiger partial charge in [-0.05, 0) is 24.7 Å². The highest BCUT2D eigenvalue weighted by molar-refractivity contribution is 7.80. The molecule has 0 saturated carbocycles. The zero-order valence-electron chi connectivity index (χ0n) is 10.1. The molecule has 1 saturated heterocycles. The number of carbonyl (C=O) groups excluding carboxylic acids is 1. The number of benzene rings is 1. The fourth-order valence-corrected chi connectivity index (χ4v) is 2.11. The highest BCUT2D eigenvalue weighted by Crippen LogP contribution is 2.10. The van der Waals surface area contributed by atoms with E-state index in [2.05, 4.69) is 24.6 Å². The van der Waals surface area contributed by atoms with Gasteiger partial charge in [-0.2, -0.15) is 0 Å². The predicted molar refractivity (Wildman–Crippen MR) is 71.5 cm³/mol. The molecule has 17 heavy (non-hydrogen) atoms. The fraction of sp³-hybridized carbons (Fsp3) is 0.462. The van der Waals surface area contributed by atoms with Crippen LogP contribution in [0.15, 0.2) is 29.2 Å². The molecule has 1 fully saturated rings. The molecule has 0 aromatic heterocycles. The Morgan fingerprint density at radius 3 is 2.35 bits per heavy atom. The molecule has 2 rings (SSSR count). The maximum Gasteiger partial charge on any atom is 0.227 e. The molecule has 0 bridgehead atoms. The fourth-order valence-electron chi connectivity index (χ4n) is 1.96. The average Bonchev–Trinajstić information content (AvgIpc) is 2.33. The van der Waals surface area contributed by atoms with Gasteiger partial charge in [0.25, 0.3) is 0 Å². The second-order valence-electron chi connectivity index (χ2n) is 4.53. The van der Waals surface area contributed by atoms with E-state index in [9.17, 15) is 4.79 Å². The van der Waals surface area contributed by atoms with E-state index < -0.39 is 0 Å². The lowest BCUT2D eigenvalue weighted by Crippen LogP contribution is -2.47. The van der Waals surface area contributed by atoms with Crippen molar-refractivity contribution in [3.8, 4) is 0 Å². The van der Waals surface area contributed by atoms with Crippen molar-refractivity contribution in [1.82, 2.24) is 9.80 Å². The summed E-state index contributed by atoms with van der Waals surface area (Å²) in [6, 6.07) is 7.79. The zero-order valence-corrected chi connectivity index (χ0v) is 11.0. The lowest BCUT2D eigenvalue weighted by atomic mass is 10.1. The maximum absolute atomic E-state index is 12.0. The van der Waals surface area contributed by atoms with Crippen LogP contribution in [0, 0.1) is 0 Å².